The third kappa shape index (κ3) is 4.33. The van der Waals surface area contributed by atoms with Crippen molar-refractivity contribution in [2.75, 3.05) is 7.11 Å². The van der Waals surface area contributed by atoms with Crippen LogP contribution in [-0.2, 0) is 20.9 Å². The Bertz CT molecular complexity index is 428. The zero-order chi connectivity index (χ0) is 12.1. The van der Waals surface area contributed by atoms with Crippen molar-refractivity contribution in [3.05, 3.63) is 24.4 Å². The fraction of sp³-hybridized carbons (Fsp3) is 0.300. The standard InChI is InChI=1S/C10H11N2O4.Na/c1-3-12-6-7(5-11-12)8(13)4-9(14)10(15)16-2;/h4-6H,3H2,1-2H3;/q-1;+1. The van der Waals surface area contributed by atoms with Crippen molar-refractivity contribution in [2.24, 2.45) is 0 Å². The number of hydrogen-bond acceptors (Lipinski definition) is 5. The van der Waals surface area contributed by atoms with Gasteiger partial charge in [-0.25, -0.2) is 0 Å². The molecule has 0 fully saturated rings. The molecule has 0 N–H and O–H groups in total. The minimum absolute atomic E-state index is 0. The van der Waals surface area contributed by atoms with Gasteiger partial charge in [-0.2, -0.15) is 5.10 Å². The van der Waals surface area contributed by atoms with Crippen LogP contribution in [0.2, 0.25) is 0 Å². The summed E-state index contributed by atoms with van der Waals surface area (Å²) in [6, 6.07) is 0. The summed E-state index contributed by atoms with van der Waals surface area (Å²) in [6.07, 6.45) is 3.54. The fourth-order valence-corrected chi connectivity index (χ4v) is 1.03. The molecule has 1 aromatic rings. The van der Waals surface area contributed by atoms with Crippen LogP contribution in [-0.4, -0.2) is 34.4 Å². The molecule has 0 saturated heterocycles. The minimum Gasteiger partial charge on any atom is -0.520 e. The van der Waals surface area contributed by atoms with Gasteiger partial charge in [0.05, 0.1) is 12.9 Å². The Balaban J connectivity index is 0.00000256. The minimum atomic E-state index is -1.06. The number of aromatic nitrogens is 2. The second-order valence-corrected chi connectivity index (χ2v) is 2.95. The number of hydrogen-bond donors (Lipinski definition) is 0. The van der Waals surface area contributed by atoms with E-state index in [2.05, 4.69) is 9.84 Å². The molecule has 0 spiro atoms. The molecule has 0 aliphatic carbocycles. The van der Waals surface area contributed by atoms with Gasteiger partial charge in [0.15, 0.2) is 5.78 Å². The molecule has 7 heteroatoms. The van der Waals surface area contributed by atoms with Crippen molar-refractivity contribution in [1.82, 2.24) is 9.78 Å². The first kappa shape index (κ1) is 15.9. The van der Waals surface area contributed by atoms with Crippen LogP contribution in [0.1, 0.15) is 17.3 Å². The summed E-state index contributed by atoms with van der Waals surface area (Å²) in [5.41, 5.74) is 0.263. The van der Waals surface area contributed by atoms with Gasteiger partial charge in [-0.1, -0.05) is 6.42 Å². The summed E-state index contributed by atoms with van der Waals surface area (Å²) >= 11 is 0. The first-order chi connectivity index (χ1) is 7.58. The summed E-state index contributed by atoms with van der Waals surface area (Å²) in [7, 11) is 1.08. The Kier molecular flexibility index (Phi) is 6.79. The molecule has 6 nitrogen and oxygen atoms in total. The van der Waals surface area contributed by atoms with E-state index in [-0.39, 0.29) is 35.1 Å². The molecule has 0 radical (unpaired) electrons. The van der Waals surface area contributed by atoms with E-state index in [0.29, 0.717) is 13.0 Å². The van der Waals surface area contributed by atoms with Crippen molar-refractivity contribution >= 4 is 17.5 Å². The van der Waals surface area contributed by atoms with Crippen LogP contribution < -0.4 is 29.6 Å². The first-order valence-corrected chi connectivity index (χ1v) is 4.62. The maximum atomic E-state index is 11.5. The molecule has 0 aliphatic rings. The third-order valence-corrected chi connectivity index (χ3v) is 1.89. The van der Waals surface area contributed by atoms with Gasteiger partial charge in [0.2, 0.25) is 0 Å². The number of Topliss-reactive ketones (excluding diaryl/α,β-unsaturated/α-hetero) is 2. The monoisotopic (exact) mass is 246 g/mol. The van der Waals surface area contributed by atoms with E-state index in [4.69, 9.17) is 0 Å². The first-order valence-electron chi connectivity index (χ1n) is 4.62. The molecule has 1 heterocycles. The van der Waals surface area contributed by atoms with Crippen molar-refractivity contribution < 1.29 is 48.7 Å². The zero-order valence-corrected chi connectivity index (χ0v) is 12.0. The van der Waals surface area contributed by atoms with Crippen LogP contribution in [0.25, 0.3) is 0 Å². The van der Waals surface area contributed by atoms with Crippen molar-refractivity contribution in [1.29, 1.82) is 0 Å². The zero-order valence-electron chi connectivity index (χ0n) is 9.97. The fourth-order valence-electron chi connectivity index (χ4n) is 1.03. The number of ketones is 2. The van der Waals surface area contributed by atoms with E-state index in [1.165, 1.54) is 12.4 Å². The van der Waals surface area contributed by atoms with Gasteiger partial charge in [-0.15, -0.1) is 0 Å². The van der Waals surface area contributed by atoms with Crippen molar-refractivity contribution in [3.8, 4) is 0 Å². The molecule has 0 bridgehead atoms. The van der Waals surface area contributed by atoms with Crippen LogP contribution in [0.5, 0.6) is 0 Å². The van der Waals surface area contributed by atoms with E-state index in [9.17, 15) is 14.4 Å². The molecule has 0 aromatic carbocycles. The Morgan fingerprint density at radius 2 is 2.12 bits per heavy atom. The smallest absolute Gasteiger partial charge is 0.520 e. The van der Waals surface area contributed by atoms with Gasteiger partial charge in [-0.05, 0) is 18.7 Å². The van der Waals surface area contributed by atoms with E-state index in [1.807, 2.05) is 6.92 Å². The predicted octanol–water partition coefficient (Wildman–Crippen LogP) is -2.96. The van der Waals surface area contributed by atoms with Crippen LogP contribution in [0.4, 0.5) is 0 Å². The van der Waals surface area contributed by atoms with Gasteiger partial charge in [0, 0.05) is 12.7 Å². The van der Waals surface area contributed by atoms with Gasteiger partial charge in [0.25, 0.3) is 5.97 Å². The summed E-state index contributed by atoms with van der Waals surface area (Å²) in [4.78, 5) is 33.3. The Morgan fingerprint density at radius 3 is 2.59 bits per heavy atom. The number of ether oxygens (including phenoxy) is 1. The van der Waals surface area contributed by atoms with Gasteiger partial charge < -0.3 is 19.1 Å². The van der Waals surface area contributed by atoms with E-state index >= 15 is 0 Å². The molecule has 0 aliphatic heterocycles. The Labute approximate surface area is 121 Å². The van der Waals surface area contributed by atoms with Crippen LogP contribution in [0, 0.1) is 6.42 Å². The van der Waals surface area contributed by atoms with E-state index < -0.39 is 17.5 Å². The van der Waals surface area contributed by atoms with Crippen LogP contribution in [0.15, 0.2) is 12.4 Å². The second-order valence-electron chi connectivity index (χ2n) is 2.95. The summed E-state index contributed by atoms with van der Waals surface area (Å²) in [5.74, 6) is -2.59. The molecule has 0 atom stereocenters. The maximum Gasteiger partial charge on any atom is 1.00 e. The summed E-state index contributed by atoms with van der Waals surface area (Å²) in [6.45, 7) is 2.49. The predicted molar refractivity (Wildman–Crippen MR) is 53.6 cm³/mol. The molecule has 17 heavy (non-hydrogen) atoms. The number of nitrogens with zero attached hydrogens (tertiary/aromatic N) is 2. The number of methoxy groups -OCH3 is 1. The number of carbonyl (C=O) groups is 3. The quantitative estimate of drug-likeness (QED) is 0.138. The van der Waals surface area contributed by atoms with Crippen LogP contribution in [0.3, 0.4) is 0 Å². The molecule has 0 unspecified atom stereocenters. The average Bonchev–Trinajstić information content (AvgIpc) is 2.76. The number of rotatable bonds is 5. The van der Waals surface area contributed by atoms with Gasteiger partial charge >= 0.3 is 29.6 Å². The SMILES string of the molecule is CCn1cc(C(=O)[CH-]C(=O)C(=O)OC)cn1.[Na+]. The van der Waals surface area contributed by atoms with Crippen LogP contribution >= 0.6 is 0 Å². The number of esters is 1. The Morgan fingerprint density at radius 1 is 1.47 bits per heavy atom. The summed E-state index contributed by atoms with van der Waals surface area (Å²) < 4.78 is 5.73. The van der Waals surface area contributed by atoms with Gasteiger partial charge in [0.1, 0.15) is 0 Å². The molecule has 1 aromatic heterocycles. The molecule has 0 amide bonds. The molecular formula is C10H11N2NaO4. The normalized spacial score (nSPS) is 9.06. The van der Waals surface area contributed by atoms with E-state index in [1.54, 1.807) is 4.68 Å². The Hall–Kier alpha value is -1.11. The topological polar surface area (TPSA) is 78.3 Å². The van der Waals surface area contributed by atoms with Crippen molar-refractivity contribution in [2.45, 2.75) is 13.5 Å². The molecular weight excluding hydrogens is 235 g/mol. The van der Waals surface area contributed by atoms with E-state index in [0.717, 1.165) is 7.11 Å². The van der Waals surface area contributed by atoms with Crippen molar-refractivity contribution in [3.63, 3.8) is 0 Å². The largest absolute Gasteiger partial charge is 1.00 e. The maximum absolute atomic E-state index is 11.5. The third-order valence-electron chi connectivity index (χ3n) is 1.89. The molecule has 1 rings (SSSR count). The van der Waals surface area contributed by atoms with Gasteiger partial charge in [-0.3, -0.25) is 4.68 Å². The molecule has 86 valence electrons. The molecule has 0 saturated carbocycles. The summed E-state index contributed by atoms with van der Waals surface area (Å²) in [5, 5.41) is 3.88. The average molecular weight is 246 g/mol. The number of carbonyl (C=O) groups excluding carboxylic acids is 3. The number of aryl methyl sites for hydroxylation is 1. The second kappa shape index (κ2) is 7.26.